The Morgan fingerprint density at radius 3 is 2.65 bits per heavy atom. The molecule has 0 radical (unpaired) electrons. The Morgan fingerprint density at radius 2 is 1.96 bits per heavy atom. The number of likely N-dealkylation sites (tertiary alicyclic amines) is 1. The van der Waals surface area contributed by atoms with Gasteiger partial charge in [-0.15, -0.1) is 0 Å². The number of hydrogen-bond donors (Lipinski definition) is 1. The minimum atomic E-state index is -0.113. The Morgan fingerprint density at radius 1 is 1.19 bits per heavy atom. The van der Waals surface area contributed by atoms with E-state index in [0.29, 0.717) is 6.54 Å². The molecular weight excluding hydrogens is 328 g/mol. The van der Waals surface area contributed by atoms with E-state index in [-0.39, 0.29) is 18.6 Å². The average Bonchev–Trinajstić information content (AvgIpc) is 3.29. The first-order valence-electron chi connectivity index (χ1n) is 9.30. The van der Waals surface area contributed by atoms with Gasteiger partial charge in [0.05, 0.1) is 6.04 Å². The standard InChI is InChI=1S/C21H28N2O3/c1-15-7-6-8-19(17(15)3)25-14-21(24)22-13-18(23-11-4-5-12-23)20-10-9-16(2)26-20/h6-10,18H,4-5,11-14H2,1-3H3,(H,22,24)/t18-/m1/s1. The van der Waals surface area contributed by atoms with Crippen LogP contribution >= 0.6 is 0 Å². The molecule has 1 aliphatic rings. The molecular formula is C21H28N2O3. The third kappa shape index (κ3) is 4.47. The number of ether oxygens (including phenoxy) is 1. The van der Waals surface area contributed by atoms with Crippen molar-refractivity contribution in [2.75, 3.05) is 26.2 Å². The first-order valence-corrected chi connectivity index (χ1v) is 9.30. The van der Waals surface area contributed by atoms with Crippen molar-refractivity contribution in [1.82, 2.24) is 10.2 Å². The zero-order chi connectivity index (χ0) is 18.5. The first-order chi connectivity index (χ1) is 12.5. The lowest BCUT2D eigenvalue weighted by atomic mass is 10.1. The highest BCUT2D eigenvalue weighted by atomic mass is 16.5. The molecule has 1 aromatic heterocycles. The topological polar surface area (TPSA) is 54.7 Å². The number of benzene rings is 1. The SMILES string of the molecule is Cc1ccc([C@@H](CNC(=O)COc2cccc(C)c2C)N2CCCC2)o1. The molecule has 1 saturated heterocycles. The van der Waals surface area contributed by atoms with Gasteiger partial charge in [-0.1, -0.05) is 12.1 Å². The Bertz CT molecular complexity index is 747. The van der Waals surface area contributed by atoms with Gasteiger partial charge in [0.1, 0.15) is 17.3 Å². The number of nitrogens with one attached hydrogen (secondary N) is 1. The van der Waals surface area contributed by atoms with Crippen LogP contribution in [-0.2, 0) is 4.79 Å². The van der Waals surface area contributed by atoms with Crippen molar-refractivity contribution in [3.8, 4) is 5.75 Å². The summed E-state index contributed by atoms with van der Waals surface area (Å²) >= 11 is 0. The van der Waals surface area contributed by atoms with E-state index in [1.54, 1.807) is 0 Å². The first kappa shape index (κ1) is 18.5. The van der Waals surface area contributed by atoms with Crippen LogP contribution in [0.15, 0.2) is 34.7 Å². The second-order valence-corrected chi connectivity index (χ2v) is 7.00. The van der Waals surface area contributed by atoms with Gasteiger partial charge in [-0.2, -0.15) is 0 Å². The largest absolute Gasteiger partial charge is 0.483 e. The van der Waals surface area contributed by atoms with Gasteiger partial charge in [0.25, 0.3) is 5.91 Å². The van der Waals surface area contributed by atoms with Crippen molar-refractivity contribution in [1.29, 1.82) is 0 Å². The fraction of sp³-hybridized carbons (Fsp3) is 0.476. The molecule has 1 amide bonds. The van der Waals surface area contributed by atoms with Crippen molar-refractivity contribution in [3.63, 3.8) is 0 Å². The van der Waals surface area contributed by atoms with Crippen molar-refractivity contribution in [2.24, 2.45) is 0 Å². The minimum absolute atomic E-state index is 0.0220. The molecule has 140 valence electrons. The van der Waals surface area contributed by atoms with Crippen LogP contribution in [0.5, 0.6) is 5.75 Å². The third-order valence-electron chi connectivity index (χ3n) is 5.08. The molecule has 5 heteroatoms. The molecule has 1 aliphatic heterocycles. The number of hydrogen-bond acceptors (Lipinski definition) is 4. The zero-order valence-electron chi connectivity index (χ0n) is 15.9. The van der Waals surface area contributed by atoms with Gasteiger partial charge < -0.3 is 14.5 Å². The number of nitrogens with zero attached hydrogens (tertiary/aromatic N) is 1. The Balaban J connectivity index is 1.56. The van der Waals surface area contributed by atoms with Crippen molar-refractivity contribution in [2.45, 2.75) is 39.7 Å². The molecule has 0 spiro atoms. The summed E-state index contributed by atoms with van der Waals surface area (Å²) < 4.78 is 11.5. The lowest BCUT2D eigenvalue weighted by Gasteiger charge is -2.26. The Labute approximate surface area is 155 Å². The fourth-order valence-corrected chi connectivity index (χ4v) is 3.38. The molecule has 1 N–H and O–H groups in total. The van der Waals surface area contributed by atoms with Gasteiger partial charge in [-0.25, -0.2) is 0 Å². The highest BCUT2D eigenvalue weighted by molar-refractivity contribution is 5.77. The van der Waals surface area contributed by atoms with Crippen LogP contribution in [0.3, 0.4) is 0 Å². The molecule has 26 heavy (non-hydrogen) atoms. The van der Waals surface area contributed by atoms with Crippen LogP contribution in [0.2, 0.25) is 0 Å². The summed E-state index contributed by atoms with van der Waals surface area (Å²) in [4.78, 5) is 14.7. The molecule has 3 rings (SSSR count). The maximum Gasteiger partial charge on any atom is 0.258 e. The van der Waals surface area contributed by atoms with Crippen LogP contribution in [0.25, 0.3) is 0 Å². The van der Waals surface area contributed by atoms with Gasteiger partial charge >= 0.3 is 0 Å². The molecule has 1 aromatic carbocycles. The summed E-state index contributed by atoms with van der Waals surface area (Å²) in [6.45, 7) is 8.62. The van der Waals surface area contributed by atoms with E-state index in [9.17, 15) is 4.79 Å². The quantitative estimate of drug-likeness (QED) is 0.824. The monoisotopic (exact) mass is 356 g/mol. The third-order valence-corrected chi connectivity index (χ3v) is 5.08. The fourth-order valence-electron chi connectivity index (χ4n) is 3.38. The van der Waals surface area contributed by atoms with Gasteiger partial charge in [0.2, 0.25) is 0 Å². The number of rotatable bonds is 7. The molecule has 2 aromatic rings. The summed E-state index contributed by atoms with van der Waals surface area (Å²) in [6.07, 6.45) is 2.39. The highest BCUT2D eigenvalue weighted by Crippen LogP contribution is 2.26. The molecule has 1 fully saturated rings. The molecule has 2 heterocycles. The summed E-state index contributed by atoms with van der Waals surface area (Å²) in [5, 5.41) is 3.01. The number of furan rings is 1. The van der Waals surface area contributed by atoms with Crippen LogP contribution in [0.1, 0.15) is 41.5 Å². The lowest BCUT2D eigenvalue weighted by molar-refractivity contribution is -0.123. The second kappa shape index (κ2) is 8.41. The maximum absolute atomic E-state index is 12.3. The summed E-state index contributed by atoms with van der Waals surface area (Å²) in [6, 6.07) is 9.94. The molecule has 1 atom stereocenters. The van der Waals surface area contributed by atoms with E-state index < -0.39 is 0 Å². The number of aryl methyl sites for hydroxylation is 2. The van der Waals surface area contributed by atoms with E-state index in [4.69, 9.17) is 9.15 Å². The second-order valence-electron chi connectivity index (χ2n) is 7.00. The number of amides is 1. The van der Waals surface area contributed by atoms with E-state index in [0.717, 1.165) is 41.5 Å². The van der Waals surface area contributed by atoms with Crippen LogP contribution in [-0.4, -0.2) is 37.0 Å². The van der Waals surface area contributed by atoms with E-state index >= 15 is 0 Å². The van der Waals surface area contributed by atoms with Gasteiger partial charge in [0, 0.05) is 6.54 Å². The van der Waals surface area contributed by atoms with Crippen LogP contribution < -0.4 is 10.1 Å². The predicted molar refractivity (Wildman–Crippen MR) is 101 cm³/mol. The van der Waals surface area contributed by atoms with Crippen LogP contribution in [0.4, 0.5) is 0 Å². The predicted octanol–water partition coefficient (Wildman–Crippen LogP) is 3.54. The maximum atomic E-state index is 12.3. The lowest BCUT2D eigenvalue weighted by Crippen LogP contribution is -2.38. The normalized spacial score (nSPS) is 15.8. The average molecular weight is 356 g/mol. The number of carbonyl (C=O) groups is 1. The molecule has 5 nitrogen and oxygen atoms in total. The smallest absolute Gasteiger partial charge is 0.258 e. The Kier molecular flexibility index (Phi) is 5.99. The zero-order valence-corrected chi connectivity index (χ0v) is 15.9. The van der Waals surface area contributed by atoms with Gasteiger partial charge in [0.15, 0.2) is 6.61 Å². The van der Waals surface area contributed by atoms with Gasteiger partial charge in [-0.3, -0.25) is 9.69 Å². The van der Waals surface area contributed by atoms with Crippen molar-refractivity contribution < 1.29 is 13.9 Å². The highest BCUT2D eigenvalue weighted by Gasteiger charge is 2.26. The number of carbonyl (C=O) groups excluding carboxylic acids is 1. The van der Waals surface area contributed by atoms with E-state index in [2.05, 4.69) is 10.2 Å². The minimum Gasteiger partial charge on any atom is -0.483 e. The molecule has 0 saturated carbocycles. The molecule has 0 aliphatic carbocycles. The van der Waals surface area contributed by atoms with Crippen molar-refractivity contribution >= 4 is 5.91 Å². The molecule has 0 bridgehead atoms. The van der Waals surface area contributed by atoms with E-state index in [1.807, 2.05) is 51.1 Å². The summed E-state index contributed by atoms with van der Waals surface area (Å²) in [7, 11) is 0. The Hall–Kier alpha value is -2.27. The van der Waals surface area contributed by atoms with Crippen LogP contribution in [0, 0.1) is 20.8 Å². The van der Waals surface area contributed by atoms with E-state index in [1.165, 1.54) is 12.8 Å². The van der Waals surface area contributed by atoms with Crippen molar-refractivity contribution in [3.05, 3.63) is 53.0 Å². The van der Waals surface area contributed by atoms with Gasteiger partial charge in [-0.05, 0) is 76.0 Å². The summed E-state index contributed by atoms with van der Waals surface area (Å²) in [5.41, 5.74) is 2.23. The summed E-state index contributed by atoms with van der Waals surface area (Å²) in [5.74, 6) is 2.46. The molecule has 0 unspecified atom stereocenters.